The zero-order chi connectivity index (χ0) is 29.4. The lowest BCUT2D eigenvalue weighted by Crippen LogP contribution is -2.26. The number of fused-ring (bicyclic) bond motifs is 1. The van der Waals surface area contributed by atoms with Crippen LogP contribution in [0.15, 0.2) is 42.5 Å². The standard InChI is InChI=1S/C33H42ClFO5/c1-21(2)38-30-28(37-19-13-9-8-10-14-23-15-11-12-16-27(23)35)26-20-24(34)17-18-25(26)29(31(30)39-22(3)4)40-32(36)33(5,6)7/h11-12,15-18,20-22H,8-10,13-14,19H2,1-7H3. The van der Waals surface area contributed by atoms with Gasteiger partial charge in [-0.2, -0.15) is 0 Å². The van der Waals surface area contributed by atoms with Crippen LogP contribution in [0.5, 0.6) is 23.0 Å². The third kappa shape index (κ3) is 8.50. The van der Waals surface area contributed by atoms with E-state index in [0.29, 0.717) is 46.1 Å². The molecule has 0 saturated carbocycles. The highest BCUT2D eigenvalue weighted by Gasteiger charge is 2.31. The first-order chi connectivity index (χ1) is 18.9. The number of esters is 1. The molecule has 3 aromatic carbocycles. The van der Waals surface area contributed by atoms with E-state index in [1.54, 1.807) is 39.0 Å². The maximum Gasteiger partial charge on any atom is 0.316 e. The van der Waals surface area contributed by atoms with E-state index in [4.69, 9.17) is 30.5 Å². The summed E-state index contributed by atoms with van der Waals surface area (Å²) in [6.07, 6.45) is 3.91. The van der Waals surface area contributed by atoms with Crippen LogP contribution in [0.3, 0.4) is 0 Å². The predicted molar refractivity (Wildman–Crippen MR) is 160 cm³/mol. The van der Waals surface area contributed by atoms with Crippen molar-refractivity contribution < 1.29 is 28.1 Å². The monoisotopic (exact) mass is 572 g/mol. The molecule has 0 amide bonds. The second kappa shape index (κ2) is 14.1. The van der Waals surface area contributed by atoms with Crippen LogP contribution in [0.25, 0.3) is 10.8 Å². The highest BCUT2D eigenvalue weighted by molar-refractivity contribution is 6.31. The van der Waals surface area contributed by atoms with Crippen molar-refractivity contribution in [2.24, 2.45) is 5.41 Å². The number of benzene rings is 3. The fraction of sp³-hybridized carbons (Fsp3) is 0.485. The first kappa shape index (κ1) is 31.5. The van der Waals surface area contributed by atoms with Crippen LogP contribution in [0.2, 0.25) is 5.02 Å². The molecule has 0 aliphatic carbocycles. The van der Waals surface area contributed by atoms with Crippen LogP contribution in [0.4, 0.5) is 4.39 Å². The number of hydrogen-bond acceptors (Lipinski definition) is 5. The molecule has 0 atom stereocenters. The molecule has 3 aromatic rings. The molecule has 3 rings (SSSR count). The third-order valence-electron chi connectivity index (χ3n) is 6.15. The van der Waals surface area contributed by atoms with E-state index in [9.17, 15) is 9.18 Å². The summed E-state index contributed by atoms with van der Waals surface area (Å²) in [7, 11) is 0. The van der Waals surface area contributed by atoms with Gasteiger partial charge in [0, 0.05) is 15.8 Å². The van der Waals surface area contributed by atoms with Gasteiger partial charge >= 0.3 is 5.97 Å². The number of aryl methyl sites for hydroxylation is 1. The molecule has 0 spiro atoms. The van der Waals surface area contributed by atoms with Gasteiger partial charge in [-0.15, -0.1) is 0 Å². The molecule has 0 heterocycles. The summed E-state index contributed by atoms with van der Waals surface area (Å²) in [6, 6.07) is 12.3. The Morgan fingerprint density at radius 3 is 2.08 bits per heavy atom. The van der Waals surface area contributed by atoms with Crippen LogP contribution < -0.4 is 18.9 Å². The average molecular weight is 573 g/mol. The largest absolute Gasteiger partial charge is 0.489 e. The smallest absolute Gasteiger partial charge is 0.316 e. The molecule has 0 aliphatic rings. The van der Waals surface area contributed by atoms with Crippen molar-refractivity contribution in [2.45, 2.75) is 92.8 Å². The van der Waals surface area contributed by atoms with Gasteiger partial charge in [0.25, 0.3) is 0 Å². The lowest BCUT2D eigenvalue weighted by molar-refractivity contribution is -0.143. The van der Waals surface area contributed by atoms with Crippen LogP contribution in [0.1, 0.15) is 79.7 Å². The minimum Gasteiger partial charge on any atom is -0.489 e. The van der Waals surface area contributed by atoms with Crippen LogP contribution in [0, 0.1) is 11.2 Å². The lowest BCUT2D eigenvalue weighted by atomic mass is 9.97. The van der Waals surface area contributed by atoms with Crippen molar-refractivity contribution in [3.63, 3.8) is 0 Å². The molecule has 0 aliphatic heterocycles. The Balaban J connectivity index is 1.90. The number of carbonyl (C=O) groups is 1. The molecular formula is C33H42ClFO5. The van der Waals surface area contributed by atoms with Crippen LogP contribution in [-0.4, -0.2) is 24.8 Å². The average Bonchev–Trinajstić information content (AvgIpc) is 2.86. The van der Waals surface area contributed by atoms with Crippen LogP contribution in [-0.2, 0) is 11.2 Å². The summed E-state index contributed by atoms with van der Waals surface area (Å²) in [5.41, 5.74) is 0.0245. The van der Waals surface area contributed by atoms with Gasteiger partial charge in [-0.3, -0.25) is 4.79 Å². The molecule has 0 N–H and O–H groups in total. The SMILES string of the molecule is CC(C)Oc1c(OC(C)C)c(OC(=O)C(C)(C)C)c2ccc(Cl)cc2c1OCCCCCCc1ccccc1F. The van der Waals surface area contributed by atoms with Gasteiger partial charge in [0.15, 0.2) is 11.5 Å². The maximum atomic E-state index is 13.9. The Morgan fingerprint density at radius 1 is 0.825 bits per heavy atom. The summed E-state index contributed by atoms with van der Waals surface area (Å²) >= 11 is 6.42. The Kier molecular flexibility index (Phi) is 11.1. The lowest BCUT2D eigenvalue weighted by Gasteiger charge is -2.26. The Morgan fingerprint density at radius 2 is 1.45 bits per heavy atom. The van der Waals surface area contributed by atoms with E-state index in [-0.39, 0.29) is 23.8 Å². The summed E-state index contributed by atoms with van der Waals surface area (Å²) in [5.74, 6) is 0.966. The van der Waals surface area contributed by atoms with Crippen molar-refractivity contribution in [3.8, 4) is 23.0 Å². The van der Waals surface area contributed by atoms with E-state index in [2.05, 4.69) is 0 Å². The molecular weight excluding hydrogens is 531 g/mol. The van der Waals surface area contributed by atoms with Crippen LogP contribution >= 0.6 is 11.6 Å². The fourth-order valence-corrected chi connectivity index (χ4v) is 4.35. The molecule has 5 nitrogen and oxygen atoms in total. The molecule has 7 heteroatoms. The molecule has 0 aromatic heterocycles. The number of halogens is 2. The minimum absolute atomic E-state index is 0.148. The summed E-state index contributed by atoms with van der Waals surface area (Å²) in [5, 5.41) is 1.84. The molecule has 40 heavy (non-hydrogen) atoms. The number of unbranched alkanes of at least 4 members (excludes halogenated alkanes) is 3. The molecule has 218 valence electrons. The topological polar surface area (TPSA) is 54.0 Å². The van der Waals surface area contributed by atoms with Crippen molar-refractivity contribution in [2.75, 3.05) is 6.61 Å². The Bertz CT molecular complexity index is 1300. The minimum atomic E-state index is -0.728. The van der Waals surface area contributed by atoms with Crippen molar-refractivity contribution in [3.05, 3.63) is 58.9 Å². The molecule has 0 radical (unpaired) electrons. The van der Waals surface area contributed by atoms with Crippen molar-refractivity contribution in [1.29, 1.82) is 0 Å². The zero-order valence-corrected chi connectivity index (χ0v) is 25.5. The molecule has 0 bridgehead atoms. The van der Waals surface area contributed by atoms with E-state index >= 15 is 0 Å². The van der Waals surface area contributed by atoms with Gasteiger partial charge in [-0.05, 0) is 97.6 Å². The molecule has 0 fully saturated rings. The second-order valence-electron chi connectivity index (χ2n) is 11.6. The molecule has 0 saturated heterocycles. The first-order valence-electron chi connectivity index (χ1n) is 14.1. The van der Waals surface area contributed by atoms with Gasteiger partial charge in [0.05, 0.1) is 24.2 Å². The first-order valence-corrected chi connectivity index (χ1v) is 14.5. The number of rotatable bonds is 13. The van der Waals surface area contributed by atoms with Gasteiger partial charge in [-0.1, -0.05) is 42.6 Å². The van der Waals surface area contributed by atoms with E-state index in [1.807, 2.05) is 45.9 Å². The quantitative estimate of drug-likeness (QED) is 0.116. The normalized spacial score (nSPS) is 11.8. The highest BCUT2D eigenvalue weighted by atomic mass is 35.5. The van der Waals surface area contributed by atoms with Crippen molar-refractivity contribution in [1.82, 2.24) is 0 Å². The fourth-order valence-electron chi connectivity index (χ4n) is 4.18. The highest BCUT2D eigenvalue weighted by Crippen LogP contribution is 2.53. The third-order valence-corrected chi connectivity index (χ3v) is 6.38. The van der Waals surface area contributed by atoms with Gasteiger partial charge in [-0.25, -0.2) is 4.39 Å². The van der Waals surface area contributed by atoms with E-state index in [1.165, 1.54) is 6.07 Å². The Hall–Kier alpha value is -2.99. The summed E-state index contributed by atoms with van der Waals surface area (Å²) in [4.78, 5) is 13.0. The summed E-state index contributed by atoms with van der Waals surface area (Å²) in [6.45, 7) is 13.5. The number of carbonyl (C=O) groups excluding carboxylic acids is 1. The van der Waals surface area contributed by atoms with Crippen molar-refractivity contribution >= 4 is 28.3 Å². The zero-order valence-electron chi connectivity index (χ0n) is 24.7. The maximum absolute atomic E-state index is 13.9. The second-order valence-corrected chi connectivity index (χ2v) is 12.0. The Labute approximate surface area is 242 Å². The van der Waals surface area contributed by atoms with Gasteiger partial charge < -0.3 is 18.9 Å². The number of ether oxygens (including phenoxy) is 4. The summed E-state index contributed by atoms with van der Waals surface area (Å²) < 4.78 is 38.7. The van der Waals surface area contributed by atoms with E-state index < -0.39 is 11.4 Å². The molecule has 0 unspecified atom stereocenters. The number of hydrogen-bond donors (Lipinski definition) is 0. The predicted octanol–water partition coefficient (Wildman–Crippen LogP) is 9.34. The van der Waals surface area contributed by atoms with Gasteiger partial charge in [0.1, 0.15) is 5.82 Å². The van der Waals surface area contributed by atoms with E-state index in [0.717, 1.165) is 31.2 Å². The van der Waals surface area contributed by atoms with Gasteiger partial charge in [0.2, 0.25) is 11.5 Å².